The molecule has 3 rings (SSSR count). The lowest BCUT2D eigenvalue weighted by Crippen LogP contribution is -1.97. The Hall–Kier alpha value is -1.29. The van der Waals surface area contributed by atoms with E-state index in [1.807, 2.05) is 12.1 Å². The minimum Gasteiger partial charge on any atom is -0.233 e. The Balaban J connectivity index is 2.13. The van der Waals surface area contributed by atoms with Crippen LogP contribution in [0.15, 0.2) is 28.9 Å². The van der Waals surface area contributed by atoms with Crippen LogP contribution in [0.5, 0.6) is 0 Å². The summed E-state index contributed by atoms with van der Waals surface area (Å²) < 4.78 is 14.3. The minimum atomic E-state index is -0.199. The SMILES string of the molecule is Cc1c(F)cccc1-c1cc(Br)nc(C2CC2)n1. The van der Waals surface area contributed by atoms with Gasteiger partial charge in [0.1, 0.15) is 16.2 Å². The molecule has 0 saturated heterocycles. The van der Waals surface area contributed by atoms with Crippen molar-refractivity contribution in [3.63, 3.8) is 0 Å². The van der Waals surface area contributed by atoms with Gasteiger partial charge in [-0.1, -0.05) is 12.1 Å². The highest BCUT2D eigenvalue weighted by Crippen LogP contribution is 2.39. The van der Waals surface area contributed by atoms with E-state index in [2.05, 4.69) is 25.9 Å². The van der Waals surface area contributed by atoms with Crippen molar-refractivity contribution in [2.24, 2.45) is 0 Å². The molecule has 18 heavy (non-hydrogen) atoms. The molecule has 0 aliphatic heterocycles. The molecule has 0 N–H and O–H groups in total. The third-order valence-corrected chi connectivity index (χ3v) is 3.60. The summed E-state index contributed by atoms with van der Waals surface area (Å²) in [5.74, 6) is 1.15. The summed E-state index contributed by atoms with van der Waals surface area (Å²) >= 11 is 3.40. The molecule has 2 aromatic rings. The molecule has 1 aromatic heterocycles. The van der Waals surface area contributed by atoms with Gasteiger partial charge >= 0.3 is 0 Å². The molecule has 4 heteroatoms. The van der Waals surface area contributed by atoms with E-state index in [0.29, 0.717) is 11.5 Å². The number of rotatable bonds is 2. The van der Waals surface area contributed by atoms with E-state index in [0.717, 1.165) is 34.5 Å². The third kappa shape index (κ3) is 2.17. The van der Waals surface area contributed by atoms with Gasteiger partial charge in [0.05, 0.1) is 5.69 Å². The fourth-order valence-electron chi connectivity index (χ4n) is 1.98. The molecule has 0 atom stereocenters. The van der Waals surface area contributed by atoms with Crippen LogP contribution < -0.4 is 0 Å². The van der Waals surface area contributed by atoms with Crippen LogP contribution in [0.2, 0.25) is 0 Å². The van der Waals surface area contributed by atoms with Gasteiger partial charge in [-0.2, -0.15) is 0 Å². The Morgan fingerprint density at radius 1 is 1.28 bits per heavy atom. The van der Waals surface area contributed by atoms with E-state index < -0.39 is 0 Å². The molecular weight excluding hydrogens is 295 g/mol. The maximum absolute atomic E-state index is 13.6. The highest BCUT2D eigenvalue weighted by atomic mass is 79.9. The predicted octanol–water partition coefficient (Wildman–Crippen LogP) is 4.23. The highest BCUT2D eigenvalue weighted by molar-refractivity contribution is 9.10. The van der Waals surface area contributed by atoms with Gasteiger partial charge in [0.15, 0.2) is 0 Å². The van der Waals surface area contributed by atoms with Crippen molar-refractivity contribution in [2.75, 3.05) is 0 Å². The third-order valence-electron chi connectivity index (χ3n) is 3.20. The number of halogens is 2. The second-order valence-electron chi connectivity index (χ2n) is 4.62. The van der Waals surface area contributed by atoms with Crippen molar-refractivity contribution >= 4 is 15.9 Å². The molecule has 92 valence electrons. The van der Waals surface area contributed by atoms with Gasteiger partial charge in [-0.15, -0.1) is 0 Å². The molecule has 2 nitrogen and oxygen atoms in total. The molecular formula is C14H12BrFN2. The number of nitrogens with zero attached hydrogens (tertiary/aromatic N) is 2. The van der Waals surface area contributed by atoms with E-state index in [9.17, 15) is 4.39 Å². The minimum absolute atomic E-state index is 0.199. The second-order valence-corrected chi connectivity index (χ2v) is 5.43. The molecule has 1 heterocycles. The van der Waals surface area contributed by atoms with E-state index in [1.54, 1.807) is 13.0 Å². The van der Waals surface area contributed by atoms with Gasteiger partial charge in [-0.3, -0.25) is 0 Å². The Morgan fingerprint density at radius 2 is 2.06 bits per heavy atom. The number of hydrogen-bond donors (Lipinski definition) is 0. The topological polar surface area (TPSA) is 25.8 Å². The van der Waals surface area contributed by atoms with Gasteiger partial charge in [-0.25, -0.2) is 14.4 Å². The van der Waals surface area contributed by atoms with Crippen LogP contribution in [-0.2, 0) is 0 Å². The van der Waals surface area contributed by atoms with Crippen molar-refractivity contribution in [2.45, 2.75) is 25.7 Å². The fourth-order valence-corrected chi connectivity index (χ4v) is 2.38. The van der Waals surface area contributed by atoms with Crippen LogP contribution in [0, 0.1) is 12.7 Å². The zero-order chi connectivity index (χ0) is 12.7. The first-order chi connectivity index (χ1) is 8.65. The lowest BCUT2D eigenvalue weighted by Gasteiger charge is -2.08. The molecule has 1 aromatic carbocycles. The van der Waals surface area contributed by atoms with Crippen LogP contribution in [0.1, 0.15) is 30.1 Å². The normalized spacial score (nSPS) is 14.8. The Morgan fingerprint density at radius 3 is 2.78 bits per heavy atom. The lowest BCUT2D eigenvalue weighted by molar-refractivity contribution is 0.619. The largest absolute Gasteiger partial charge is 0.233 e. The van der Waals surface area contributed by atoms with Crippen LogP contribution in [0.25, 0.3) is 11.3 Å². The molecule has 0 bridgehead atoms. The molecule has 1 saturated carbocycles. The standard InChI is InChI=1S/C14H12BrFN2/c1-8-10(3-2-4-11(8)16)12-7-13(15)18-14(17-12)9-5-6-9/h2-4,7,9H,5-6H2,1H3. The summed E-state index contributed by atoms with van der Waals surface area (Å²) in [6.45, 7) is 1.78. The van der Waals surface area contributed by atoms with E-state index in [1.165, 1.54) is 6.07 Å². The van der Waals surface area contributed by atoms with Crippen LogP contribution in [0.3, 0.4) is 0 Å². The van der Waals surface area contributed by atoms with Gasteiger partial charge in [0.2, 0.25) is 0 Å². The van der Waals surface area contributed by atoms with Crippen LogP contribution >= 0.6 is 15.9 Å². The number of benzene rings is 1. The van der Waals surface area contributed by atoms with Gasteiger partial charge in [-0.05, 0) is 53.4 Å². The molecule has 0 unspecified atom stereocenters. The zero-order valence-corrected chi connectivity index (χ0v) is 11.5. The van der Waals surface area contributed by atoms with Gasteiger partial charge in [0.25, 0.3) is 0 Å². The molecule has 1 fully saturated rings. The van der Waals surface area contributed by atoms with Crippen molar-refractivity contribution in [3.8, 4) is 11.3 Å². The molecule has 0 radical (unpaired) electrons. The Labute approximate surface area is 113 Å². The maximum Gasteiger partial charge on any atom is 0.133 e. The molecule has 1 aliphatic carbocycles. The highest BCUT2D eigenvalue weighted by Gasteiger charge is 2.27. The number of hydrogen-bond acceptors (Lipinski definition) is 2. The average Bonchev–Trinajstić information content (AvgIpc) is 3.16. The van der Waals surface area contributed by atoms with Crippen LogP contribution in [0.4, 0.5) is 4.39 Å². The summed E-state index contributed by atoms with van der Waals surface area (Å²) in [6.07, 6.45) is 2.30. The Bertz CT molecular complexity index is 609. The first-order valence-corrected chi connectivity index (χ1v) is 6.74. The van der Waals surface area contributed by atoms with Gasteiger partial charge < -0.3 is 0 Å². The molecule has 0 amide bonds. The summed E-state index contributed by atoms with van der Waals surface area (Å²) in [6, 6.07) is 6.92. The van der Waals surface area contributed by atoms with Gasteiger partial charge in [0, 0.05) is 11.5 Å². The van der Waals surface area contributed by atoms with E-state index >= 15 is 0 Å². The van der Waals surface area contributed by atoms with Crippen molar-refractivity contribution in [3.05, 3.63) is 46.1 Å². The summed E-state index contributed by atoms with van der Waals surface area (Å²) in [4.78, 5) is 8.95. The Kier molecular flexibility index (Phi) is 2.90. The van der Waals surface area contributed by atoms with Crippen LogP contribution in [-0.4, -0.2) is 9.97 Å². The molecule has 1 aliphatic rings. The first-order valence-electron chi connectivity index (χ1n) is 5.95. The number of aromatic nitrogens is 2. The molecule has 0 spiro atoms. The average molecular weight is 307 g/mol. The van der Waals surface area contributed by atoms with Crippen molar-refractivity contribution in [1.82, 2.24) is 9.97 Å². The predicted molar refractivity (Wildman–Crippen MR) is 71.8 cm³/mol. The lowest BCUT2D eigenvalue weighted by atomic mass is 10.1. The van der Waals surface area contributed by atoms with Crippen molar-refractivity contribution < 1.29 is 4.39 Å². The smallest absolute Gasteiger partial charge is 0.133 e. The fraction of sp³-hybridized carbons (Fsp3) is 0.286. The van der Waals surface area contributed by atoms with Crippen molar-refractivity contribution in [1.29, 1.82) is 0 Å². The second kappa shape index (κ2) is 4.43. The zero-order valence-electron chi connectivity index (χ0n) is 9.95. The maximum atomic E-state index is 13.6. The quantitative estimate of drug-likeness (QED) is 0.776. The summed E-state index contributed by atoms with van der Waals surface area (Å²) in [5.41, 5.74) is 2.25. The van der Waals surface area contributed by atoms with E-state index in [-0.39, 0.29) is 5.82 Å². The van der Waals surface area contributed by atoms with E-state index in [4.69, 9.17) is 0 Å². The summed E-state index contributed by atoms with van der Waals surface area (Å²) in [7, 11) is 0. The summed E-state index contributed by atoms with van der Waals surface area (Å²) in [5, 5.41) is 0. The monoisotopic (exact) mass is 306 g/mol. The first kappa shape index (κ1) is 11.8.